The average molecular weight is 332 g/mol. The molecule has 2 unspecified atom stereocenters. The van der Waals surface area contributed by atoms with E-state index in [4.69, 9.17) is 11.6 Å². The van der Waals surface area contributed by atoms with Crippen LogP contribution in [-0.4, -0.2) is 22.2 Å². The van der Waals surface area contributed by atoms with Crippen molar-refractivity contribution in [3.8, 4) is 0 Å². The van der Waals surface area contributed by atoms with E-state index in [0.29, 0.717) is 12.5 Å². The topological polar surface area (TPSA) is 46.9 Å². The standard InChI is InChI=1S/C18H22ClN3O/c1-11-15(12(2)22(3)21-11)8-9-20-18(23)17-10-16(17)13-4-6-14(19)7-5-13/h4-7,16-17H,8-10H2,1-3H3,(H,20,23). The highest BCUT2D eigenvalue weighted by molar-refractivity contribution is 6.30. The van der Waals surface area contributed by atoms with Crippen molar-refractivity contribution in [2.75, 3.05) is 6.54 Å². The number of hydrogen-bond donors (Lipinski definition) is 1. The van der Waals surface area contributed by atoms with E-state index in [1.165, 1.54) is 16.8 Å². The Morgan fingerprint density at radius 2 is 2.04 bits per heavy atom. The van der Waals surface area contributed by atoms with Crippen LogP contribution in [0.25, 0.3) is 0 Å². The van der Waals surface area contributed by atoms with Gasteiger partial charge in [0.15, 0.2) is 0 Å². The predicted molar refractivity (Wildman–Crippen MR) is 91.7 cm³/mol. The van der Waals surface area contributed by atoms with Crippen molar-refractivity contribution in [3.63, 3.8) is 0 Å². The van der Waals surface area contributed by atoms with Gasteiger partial charge >= 0.3 is 0 Å². The summed E-state index contributed by atoms with van der Waals surface area (Å²) < 4.78 is 1.89. The molecule has 2 atom stereocenters. The first-order chi connectivity index (χ1) is 11.0. The Morgan fingerprint density at radius 3 is 2.65 bits per heavy atom. The van der Waals surface area contributed by atoms with E-state index >= 15 is 0 Å². The molecule has 1 amide bonds. The van der Waals surface area contributed by atoms with Crippen molar-refractivity contribution in [2.24, 2.45) is 13.0 Å². The molecular formula is C18H22ClN3O. The van der Waals surface area contributed by atoms with Crippen LogP contribution in [0.5, 0.6) is 0 Å². The molecular weight excluding hydrogens is 310 g/mol. The van der Waals surface area contributed by atoms with Gasteiger partial charge in [-0.3, -0.25) is 9.48 Å². The lowest BCUT2D eigenvalue weighted by Gasteiger charge is -2.06. The van der Waals surface area contributed by atoms with E-state index in [1.807, 2.05) is 42.9 Å². The zero-order valence-corrected chi connectivity index (χ0v) is 14.5. The van der Waals surface area contributed by atoms with Crippen molar-refractivity contribution in [3.05, 3.63) is 51.8 Å². The fourth-order valence-corrected chi connectivity index (χ4v) is 3.31. The van der Waals surface area contributed by atoms with Crippen molar-refractivity contribution in [1.29, 1.82) is 0 Å². The number of aryl methyl sites for hydroxylation is 2. The molecule has 0 bridgehead atoms. The zero-order chi connectivity index (χ0) is 16.6. The lowest BCUT2D eigenvalue weighted by Crippen LogP contribution is -2.27. The normalized spacial score (nSPS) is 19.7. The van der Waals surface area contributed by atoms with Crippen LogP contribution in [-0.2, 0) is 18.3 Å². The van der Waals surface area contributed by atoms with Crippen LogP contribution in [0.1, 0.15) is 34.9 Å². The van der Waals surface area contributed by atoms with Gasteiger partial charge in [0.2, 0.25) is 5.91 Å². The number of nitrogens with zero attached hydrogens (tertiary/aromatic N) is 2. The second-order valence-electron chi connectivity index (χ2n) is 6.31. The average Bonchev–Trinajstić information content (AvgIpc) is 3.27. The minimum Gasteiger partial charge on any atom is -0.356 e. The molecule has 122 valence electrons. The summed E-state index contributed by atoms with van der Waals surface area (Å²) in [7, 11) is 1.95. The van der Waals surface area contributed by atoms with Gasteiger partial charge in [-0.25, -0.2) is 0 Å². The van der Waals surface area contributed by atoms with Gasteiger partial charge in [-0.05, 0) is 55.9 Å². The van der Waals surface area contributed by atoms with E-state index < -0.39 is 0 Å². The second-order valence-corrected chi connectivity index (χ2v) is 6.75. The molecule has 1 aromatic carbocycles. The van der Waals surface area contributed by atoms with Crippen LogP contribution in [0.2, 0.25) is 5.02 Å². The van der Waals surface area contributed by atoms with Gasteiger partial charge in [0.25, 0.3) is 0 Å². The van der Waals surface area contributed by atoms with Gasteiger partial charge in [-0.2, -0.15) is 5.10 Å². The molecule has 1 aliphatic carbocycles. The Labute approximate surface area is 141 Å². The first-order valence-corrected chi connectivity index (χ1v) is 8.37. The maximum absolute atomic E-state index is 12.3. The molecule has 1 aromatic heterocycles. The number of carbonyl (C=O) groups is 1. The van der Waals surface area contributed by atoms with Gasteiger partial charge in [0.05, 0.1) is 5.69 Å². The third kappa shape index (κ3) is 3.42. The molecule has 1 N–H and O–H groups in total. The summed E-state index contributed by atoms with van der Waals surface area (Å²) in [5, 5.41) is 8.21. The lowest BCUT2D eigenvalue weighted by atomic mass is 10.1. The van der Waals surface area contributed by atoms with Gasteiger partial charge in [0, 0.05) is 30.2 Å². The minimum absolute atomic E-state index is 0.104. The Kier molecular flexibility index (Phi) is 4.44. The maximum Gasteiger partial charge on any atom is 0.223 e. The van der Waals surface area contributed by atoms with Crippen molar-refractivity contribution in [2.45, 2.75) is 32.6 Å². The van der Waals surface area contributed by atoms with E-state index in [9.17, 15) is 4.79 Å². The number of benzene rings is 1. The molecule has 1 fully saturated rings. The number of carbonyl (C=O) groups excluding carboxylic acids is 1. The number of hydrogen-bond acceptors (Lipinski definition) is 2. The van der Waals surface area contributed by atoms with Crippen LogP contribution in [0.15, 0.2) is 24.3 Å². The summed E-state index contributed by atoms with van der Waals surface area (Å²) in [6, 6.07) is 7.81. The van der Waals surface area contributed by atoms with E-state index in [0.717, 1.165) is 23.6 Å². The monoisotopic (exact) mass is 331 g/mol. The predicted octanol–water partition coefficient (Wildman–Crippen LogP) is 3.15. The number of amides is 1. The van der Waals surface area contributed by atoms with Gasteiger partial charge in [-0.1, -0.05) is 23.7 Å². The Hall–Kier alpha value is -1.81. The van der Waals surface area contributed by atoms with Crippen LogP contribution < -0.4 is 5.32 Å². The second kappa shape index (κ2) is 6.36. The van der Waals surface area contributed by atoms with Crippen LogP contribution in [0, 0.1) is 19.8 Å². The molecule has 2 aromatic rings. The summed E-state index contributed by atoms with van der Waals surface area (Å²) in [6.07, 6.45) is 1.76. The summed E-state index contributed by atoms with van der Waals surface area (Å²) in [6.45, 7) is 4.74. The quantitative estimate of drug-likeness (QED) is 0.914. The first kappa shape index (κ1) is 16.1. The minimum atomic E-state index is 0.104. The smallest absolute Gasteiger partial charge is 0.223 e. The highest BCUT2D eigenvalue weighted by Gasteiger charge is 2.43. The SMILES string of the molecule is Cc1nn(C)c(C)c1CCNC(=O)C1CC1c1ccc(Cl)cc1. The molecule has 1 heterocycles. The molecule has 0 spiro atoms. The number of rotatable bonds is 5. The molecule has 0 radical (unpaired) electrons. The third-order valence-electron chi connectivity index (χ3n) is 4.76. The largest absolute Gasteiger partial charge is 0.356 e. The Morgan fingerprint density at radius 1 is 1.35 bits per heavy atom. The molecule has 0 aliphatic heterocycles. The summed E-state index contributed by atoms with van der Waals surface area (Å²) in [5.74, 6) is 0.602. The number of aromatic nitrogens is 2. The lowest BCUT2D eigenvalue weighted by molar-refractivity contribution is -0.122. The summed E-state index contributed by atoms with van der Waals surface area (Å²) in [4.78, 5) is 12.3. The highest BCUT2D eigenvalue weighted by atomic mass is 35.5. The third-order valence-corrected chi connectivity index (χ3v) is 5.01. The summed E-state index contributed by atoms with van der Waals surface area (Å²) in [5.41, 5.74) is 4.65. The molecule has 1 saturated carbocycles. The van der Waals surface area contributed by atoms with E-state index in [2.05, 4.69) is 17.3 Å². The summed E-state index contributed by atoms with van der Waals surface area (Å²) >= 11 is 5.90. The maximum atomic E-state index is 12.3. The van der Waals surface area contributed by atoms with Gasteiger partial charge < -0.3 is 5.32 Å². The van der Waals surface area contributed by atoms with Crippen LogP contribution in [0.4, 0.5) is 0 Å². The van der Waals surface area contributed by atoms with Crippen molar-refractivity contribution >= 4 is 17.5 Å². The zero-order valence-electron chi connectivity index (χ0n) is 13.8. The van der Waals surface area contributed by atoms with Gasteiger partial charge in [-0.15, -0.1) is 0 Å². The van der Waals surface area contributed by atoms with Crippen molar-refractivity contribution in [1.82, 2.24) is 15.1 Å². The fraction of sp³-hybridized carbons (Fsp3) is 0.444. The van der Waals surface area contributed by atoms with Crippen LogP contribution >= 0.6 is 11.6 Å². The van der Waals surface area contributed by atoms with Crippen LogP contribution in [0.3, 0.4) is 0 Å². The Balaban J connectivity index is 1.50. The number of nitrogens with one attached hydrogen (secondary N) is 1. The Bertz CT molecular complexity index is 721. The molecule has 5 heteroatoms. The first-order valence-electron chi connectivity index (χ1n) is 7.99. The molecule has 23 heavy (non-hydrogen) atoms. The van der Waals surface area contributed by atoms with E-state index in [1.54, 1.807) is 0 Å². The molecule has 3 rings (SSSR count). The molecule has 0 saturated heterocycles. The highest BCUT2D eigenvalue weighted by Crippen LogP contribution is 2.47. The number of halogens is 1. The molecule has 1 aliphatic rings. The van der Waals surface area contributed by atoms with E-state index in [-0.39, 0.29) is 11.8 Å². The molecule has 4 nitrogen and oxygen atoms in total. The fourth-order valence-electron chi connectivity index (χ4n) is 3.18. The van der Waals surface area contributed by atoms with Crippen molar-refractivity contribution < 1.29 is 4.79 Å². The van der Waals surface area contributed by atoms with Gasteiger partial charge in [0.1, 0.15) is 0 Å².